The Morgan fingerprint density at radius 2 is 1.94 bits per heavy atom. The Morgan fingerprint density at radius 1 is 1.35 bits per heavy atom. The molecular weight excluding hydrogens is 224 g/mol. The number of nitrogens with zero attached hydrogens (tertiary/aromatic N) is 2. The van der Waals surface area contributed by atoms with E-state index in [0.29, 0.717) is 37.1 Å². The van der Waals surface area contributed by atoms with Crippen LogP contribution in [0.1, 0.15) is 12.8 Å². The molecule has 1 heterocycles. The van der Waals surface area contributed by atoms with Crippen molar-refractivity contribution in [2.24, 2.45) is 5.73 Å². The van der Waals surface area contributed by atoms with Crippen LogP contribution in [0.4, 0.5) is 5.95 Å². The number of methoxy groups -OCH3 is 2. The molecule has 0 aromatic carbocycles. The van der Waals surface area contributed by atoms with E-state index in [0.717, 1.165) is 0 Å². The molecule has 0 aliphatic rings. The highest BCUT2D eigenvalue weighted by molar-refractivity contribution is 5.73. The number of anilines is 1. The molecule has 0 aliphatic heterocycles. The Hall–Kier alpha value is -2.05. The van der Waals surface area contributed by atoms with Gasteiger partial charge >= 0.3 is 0 Å². The van der Waals surface area contributed by atoms with Gasteiger partial charge in [-0.3, -0.25) is 4.79 Å². The summed E-state index contributed by atoms with van der Waals surface area (Å²) in [4.78, 5) is 18.7. The standard InChI is InChI=1S/C10H16N4O3/c1-16-8-6-9(17-2)14-10(13-8)12-5-3-4-7(11)15/h6H,3-5H2,1-2H3,(H2,11,15)(H,12,13,14). The lowest BCUT2D eigenvalue weighted by Gasteiger charge is -2.07. The summed E-state index contributed by atoms with van der Waals surface area (Å²) < 4.78 is 9.99. The highest BCUT2D eigenvalue weighted by atomic mass is 16.5. The molecule has 0 saturated heterocycles. The highest BCUT2D eigenvalue weighted by Crippen LogP contribution is 2.17. The molecule has 17 heavy (non-hydrogen) atoms. The maximum atomic E-state index is 10.5. The number of nitrogens with one attached hydrogen (secondary N) is 1. The average molecular weight is 240 g/mol. The van der Waals surface area contributed by atoms with Crippen LogP contribution in [0.15, 0.2) is 6.07 Å². The van der Waals surface area contributed by atoms with Gasteiger partial charge in [0, 0.05) is 13.0 Å². The summed E-state index contributed by atoms with van der Waals surface area (Å²) in [5.41, 5.74) is 5.03. The molecule has 0 spiro atoms. The molecule has 0 unspecified atom stereocenters. The summed E-state index contributed by atoms with van der Waals surface area (Å²) >= 11 is 0. The van der Waals surface area contributed by atoms with Crippen LogP contribution < -0.4 is 20.5 Å². The molecule has 3 N–H and O–H groups in total. The Bertz CT molecular complexity index is 362. The van der Waals surface area contributed by atoms with Crippen molar-refractivity contribution in [3.8, 4) is 11.8 Å². The Labute approximate surface area is 99.3 Å². The van der Waals surface area contributed by atoms with Gasteiger partial charge in [0.05, 0.1) is 20.3 Å². The van der Waals surface area contributed by atoms with Crippen molar-refractivity contribution in [3.05, 3.63) is 6.07 Å². The number of nitrogens with two attached hydrogens (primary N) is 1. The fraction of sp³-hybridized carbons (Fsp3) is 0.500. The van der Waals surface area contributed by atoms with Gasteiger partial charge in [-0.05, 0) is 6.42 Å². The molecule has 7 heteroatoms. The number of carbonyl (C=O) groups excluding carboxylic acids is 1. The van der Waals surface area contributed by atoms with Crippen molar-refractivity contribution in [3.63, 3.8) is 0 Å². The molecule has 0 bridgehead atoms. The van der Waals surface area contributed by atoms with E-state index in [-0.39, 0.29) is 5.91 Å². The quantitative estimate of drug-likeness (QED) is 0.659. The van der Waals surface area contributed by atoms with Crippen molar-refractivity contribution in [1.82, 2.24) is 9.97 Å². The fourth-order valence-electron chi connectivity index (χ4n) is 1.15. The van der Waals surface area contributed by atoms with Crippen LogP contribution in [0, 0.1) is 0 Å². The maximum Gasteiger partial charge on any atom is 0.229 e. The molecule has 1 rings (SSSR count). The second kappa shape index (κ2) is 6.51. The van der Waals surface area contributed by atoms with Gasteiger partial charge < -0.3 is 20.5 Å². The Morgan fingerprint density at radius 3 is 2.41 bits per heavy atom. The van der Waals surface area contributed by atoms with Gasteiger partial charge in [-0.2, -0.15) is 9.97 Å². The number of primary amides is 1. The van der Waals surface area contributed by atoms with Crippen LogP contribution in [0.5, 0.6) is 11.8 Å². The van der Waals surface area contributed by atoms with Crippen LogP contribution in [0.3, 0.4) is 0 Å². The van der Waals surface area contributed by atoms with Crippen LogP contribution in [-0.2, 0) is 4.79 Å². The normalized spacial score (nSPS) is 9.76. The predicted molar refractivity (Wildman–Crippen MR) is 62.1 cm³/mol. The topological polar surface area (TPSA) is 99.4 Å². The number of amides is 1. The van der Waals surface area contributed by atoms with E-state index in [1.807, 2.05) is 0 Å². The highest BCUT2D eigenvalue weighted by Gasteiger charge is 2.04. The molecule has 1 aromatic heterocycles. The molecule has 7 nitrogen and oxygen atoms in total. The molecule has 0 aliphatic carbocycles. The molecule has 1 aromatic rings. The molecule has 94 valence electrons. The lowest BCUT2D eigenvalue weighted by molar-refractivity contribution is -0.118. The molecule has 1 amide bonds. The second-order valence-electron chi connectivity index (χ2n) is 3.27. The average Bonchev–Trinajstić information content (AvgIpc) is 2.34. The van der Waals surface area contributed by atoms with E-state index in [9.17, 15) is 4.79 Å². The van der Waals surface area contributed by atoms with E-state index in [1.54, 1.807) is 6.07 Å². The van der Waals surface area contributed by atoms with Crippen molar-refractivity contribution >= 4 is 11.9 Å². The van der Waals surface area contributed by atoms with Gasteiger partial charge in [-0.15, -0.1) is 0 Å². The molecule has 0 fully saturated rings. The summed E-state index contributed by atoms with van der Waals surface area (Å²) in [5.74, 6) is 0.894. The summed E-state index contributed by atoms with van der Waals surface area (Å²) in [5, 5.41) is 2.96. The fourth-order valence-corrected chi connectivity index (χ4v) is 1.15. The van der Waals surface area contributed by atoms with Gasteiger partial charge in [-0.25, -0.2) is 0 Å². The minimum Gasteiger partial charge on any atom is -0.481 e. The molecule has 0 radical (unpaired) electrons. The minimum absolute atomic E-state index is 0.323. The SMILES string of the molecule is COc1cc(OC)nc(NCCCC(N)=O)n1. The molecule has 0 atom stereocenters. The third kappa shape index (κ3) is 4.54. The number of rotatable bonds is 7. The number of carbonyl (C=O) groups is 1. The van der Waals surface area contributed by atoms with Gasteiger partial charge in [-0.1, -0.05) is 0 Å². The summed E-state index contributed by atoms with van der Waals surface area (Å²) in [6.07, 6.45) is 0.951. The zero-order chi connectivity index (χ0) is 12.7. The number of hydrogen-bond acceptors (Lipinski definition) is 6. The van der Waals surface area contributed by atoms with E-state index >= 15 is 0 Å². The smallest absolute Gasteiger partial charge is 0.229 e. The minimum atomic E-state index is -0.323. The van der Waals surface area contributed by atoms with Crippen molar-refractivity contribution in [2.75, 3.05) is 26.1 Å². The first-order chi connectivity index (χ1) is 8.15. The number of hydrogen-bond donors (Lipinski definition) is 2. The molecular formula is C10H16N4O3. The van der Waals surface area contributed by atoms with Gasteiger partial charge in [0.15, 0.2) is 0 Å². The number of aromatic nitrogens is 2. The zero-order valence-corrected chi connectivity index (χ0v) is 9.90. The lowest BCUT2D eigenvalue weighted by atomic mass is 10.3. The summed E-state index contributed by atoms with van der Waals surface area (Å²) in [6.45, 7) is 0.555. The third-order valence-electron chi connectivity index (χ3n) is 1.98. The zero-order valence-electron chi connectivity index (χ0n) is 9.90. The Kier molecular flexibility index (Phi) is 4.99. The molecule has 0 saturated carbocycles. The van der Waals surface area contributed by atoms with Crippen LogP contribution in [0.2, 0.25) is 0 Å². The largest absolute Gasteiger partial charge is 0.481 e. The van der Waals surface area contributed by atoms with Gasteiger partial charge in [0.25, 0.3) is 0 Å². The van der Waals surface area contributed by atoms with E-state index in [1.165, 1.54) is 14.2 Å². The van der Waals surface area contributed by atoms with Crippen LogP contribution in [0.25, 0.3) is 0 Å². The number of ether oxygens (including phenoxy) is 2. The van der Waals surface area contributed by atoms with Gasteiger partial charge in [0.1, 0.15) is 0 Å². The van der Waals surface area contributed by atoms with Crippen molar-refractivity contribution < 1.29 is 14.3 Å². The lowest BCUT2D eigenvalue weighted by Crippen LogP contribution is -2.13. The van der Waals surface area contributed by atoms with Gasteiger partial charge in [0.2, 0.25) is 23.6 Å². The monoisotopic (exact) mass is 240 g/mol. The van der Waals surface area contributed by atoms with Crippen LogP contribution in [-0.4, -0.2) is 36.6 Å². The first-order valence-electron chi connectivity index (χ1n) is 5.15. The summed E-state index contributed by atoms with van der Waals surface area (Å²) in [6, 6.07) is 1.58. The third-order valence-corrected chi connectivity index (χ3v) is 1.98. The first-order valence-corrected chi connectivity index (χ1v) is 5.15. The van der Waals surface area contributed by atoms with E-state index < -0.39 is 0 Å². The van der Waals surface area contributed by atoms with Crippen molar-refractivity contribution in [2.45, 2.75) is 12.8 Å². The Balaban J connectivity index is 2.54. The summed E-state index contributed by atoms with van der Waals surface area (Å²) in [7, 11) is 3.03. The maximum absolute atomic E-state index is 10.5. The first kappa shape index (κ1) is 13.0. The predicted octanol–water partition coefficient (Wildman–Crippen LogP) is 0.171. The van der Waals surface area contributed by atoms with Crippen molar-refractivity contribution in [1.29, 1.82) is 0 Å². The second-order valence-corrected chi connectivity index (χ2v) is 3.27. The van der Waals surface area contributed by atoms with E-state index in [2.05, 4.69) is 15.3 Å². The van der Waals surface area contributed by atoms with Crippen LogP contribution >= 0.6 is 0 Å². The van der Waals surface area contributed by atoms with E-state index in [4.69, 9.17) is 15.2 Å².